The molecule has 0 aliphatic carbocycles. The van der Waals surface area contributed by atoms with Gasteiger partial charge in [-0.1, -0.05) is 13.8 Å². The van der Waals surface area contributed by atoms with Crippen molar-refractivity contribution < 1.29 is 14.4 Å². The molecule has 1 aromatic rings. The van der Waals surface area contributed by atoms with Gasteiger partial charge in [0, 0.05) is 12.5 Å². The van der Waals surface area contributed by atoms with Gasteiger partial charge in [-0.05, 0) is 17.5 Å². The Hall–Kier alpha value is -1.49. The Balaban J connectivity index is 2.87. The number of aliphatic hydroxyl groups is 1. The van der Waals surface area contributed by atoms with E-state index in [1.165, 1.54) is 12.1 Å². The van der Waals surface area contributed by atoms with Gasteiger partial charge in [-0.15, -0.1) is 0 Å². The van der Waals surface area contributed by atoms with Gasteiger partial charge >= 0.3 is 0 Å². The molecule has 0 radical (unpaired) electrons. The second kappa shape index (κ2) is 5.03. The Bertz CT molecular complexity index is 393. The van der Waals surface area contributed by atoms with Crippen molar-refractivity contribution in [2.45, 2.75) is 26.4 Å². The molecule has 0 bridgehead atoms. The third-order valence-electron chi connectivity index (χ3n) is 2.45. The highest BCUT2D eigenvalue weighted by molar-refractivity contribution is 5.34. The van der Waals surface area contributed by atoms with E-state index in [2.05, 4.69) is 0 Å². The summed E-state index contributed by atoms with van der Waals surface area (Å²) in [5.41, 5.74) is 0.0205. The minimum Gasteiger partial charge on any atom is -0.393 e. The maximum Gasteiger partial charge on any atom is 0.272 e. The Kier molecular flexibility index (Phi) is 3.95. The number of nitro groups is 1. The lowest BCUT2D eigenvalue weighted by molar-refractivity contribution is -0.385. The van der Waals surface area contributed by atoms with Crippen LogP contribution in [0.2, 0.25) is 0 Å². The molecule has 0 aliphatic heterocycles. The van der Waals surface area contributed by atoms with E-state index < -0.39 is 16.8 Å². The molecule has 1 unspecified atom stereocenters. The third-order valence-corrected chi connectivity index (χ3v) is 2.45. The molecule has 0 heterocycles. The molecule has 0 fully saturated rings. The van der Waals surface area contributed by atoms with Gasteiger partial charge in [-0.3, -0.25) is 10.1 Å². The average Bonchev–Trinajstić information content (AvgIpc) is 2.20. The number of benzene rings is 1. The lowest BCUT2D eigenvalue weighted by Crippen LogP contribution is -2.18. The van der Waals surface area contributed by atoms with E-state index in [4.69, 9.17) is 0 Å². The van der Waals surface area contributed by atoms with E-state index in [9.17, 15) is 19.6 Å². The van der Waals surface area contributed by atoms with Crippen molar-refractivity contribution in [3.63, 3.8) is 0 Å². The standard InChI is InChI=1S/C11H14FNO3/c1-7(2)11(14)5-8-3-4-9(13(15)16)6-10(8)12/h3-4,6-7,11,14H,5H2,1-2H3. The number of halogens is 1. The molecule has 1 N–H and O–H groups in total. The fourth-order valence-electron chi connectivity index (χ4n) is 1.28. The van der Waals surface area contributed by atoms with Crippen LogP contribution in [0.1, 0.15) is 19.4 Å². The summed E-state index contributed by atoms with van der Waals surface area (Å²) < 4.78 is 13.4. The van der Waals surface area contributed by atoms with Crippen molar-refractivity contribution in [1.82, 2.24) is 0 Å². The molecule has 1 rings (SSSR count). The molecule has 0 saturated carbocycles. The summed E-state index contributed by atoms with van der Waals surface area (Å²) >= 11 is 0. The summed E-state index contributed by atoms with van der Waals surface area (Å²) in [7, 11) is 0. The molecule has 0 amide bonds. The number of hydrogen-bond donors (Lipinski definition) is 1. The smallest absolute Gasteiger partial charge is 0.272 e. The van der Waals surface area contributed by atoms with Gasteiger partial charge in [0.15, 0.2) is 0 Å². The largest absolute Gasteiger partial charge is 0.393 e. The molecular weight excluding hydrogens is 213 g/mol. The zero-order valence-corrected chi connectivity index (χ0v) is 9.18. The number of nitrogens with zero attached hydrogens (tertiary/aromatic N) is 1. The second-order valence-corrected chi connectivity index (χ2v) is 4.05. The van der Waals surface area contributed by atoms with E-state index in [1.54, 1.807) is 0 Å². The minimum absolute atomic E-state index is 0.0228. The molecule has 0 aliphatic rings. The number of non-ortho nitro benzene ring substituents is 1. The van der Waals surface area contributed by atoms with Crippen LogP contribution in [0.3, 0.4) is 0 Å². The molecule has 5 heteroatoms. The zero-order valence-electron chi connectivity index (χ0n) is 9.18. The first-order valence-corrected chi connectivity index (χ1v) is 5.02. The SMILES string of the molecule is CC(C)C(O)Cc1ccc([N+](=O)[O-])cc1F. The lowest BCUT2D eigenvalue weighted by atomic mass is 9.99. The average molecular weight is 227 g/mol. The topological polar surface area (TPSA) is 63.4 Å². The summed E-state index contributed by atoms with van der Waals surface area (Å²) in [6.07, 6.45) is -0.474. The summed E-state index contributed by atoms with van der Waals surface area (Å²) in [6.45, 7) is 3.65. The minimum atomic E-state index is -0.647. The van der Waals surface area contributed by atoms with Gasteiger partial charge in [0.25, 0.3) is 5.69 Å². The Labute approximate surface area is 92.9 Å². The van der Waals surface area contributed by atoms with Crippen molar-refractivity contribution in [2.75, 3.05) is 0 Å². The van der Waals surface area contributed by atoms with Crippen molar-refractivity contribution in [3.05, 3.63) is 39.7 Å². The highest BCUT2D eigenvalue weighted by Crippen LogP contribution is 2.19. The van der Waals surface area contributed by atoms with Crippen LogP contribution < -0.4 is 0 Å². The van der Waals surface area contributed by atoms with E-state index in [0.29, 0.717) is 5.56 Å². The lowest BCUT2D eigenvalue weighted by Gasteiger charge is -2.14. The number of hydrogen-bond acceptors (Lipinski definition) is 3. The van der Waals surface area contributed by atoms with Crippen molar-refractivity contribution in [2.24, 2.45) is 5.92 Å². The summed E-state index contributed by atoms with van der Waals surface area (Å²) in [5, 5.41) is 20.0. The maximum atomic E-state index is 13.4. The van der Waals surface area contributed by atoms with Crippen LogP contribution in [0, 0.1) is 21.8 Å². The van der Waals surface area contributed by atoms with Gasteiger partial charge in [-0.2, -0.15) is 0 Å². The molecule has 1 atom stereocenters. The van der Waals surface area contributed by atoms with Gasteiger partial charge in [0.2, 0.25) is 0 Å². The molecule has 88 valence electrons. The molecule has 16 heavy (non-hydrogen) atoms. The van der Waals surface area contributed by atoms with Gasteiger partial charge in [-0.25, -0.2) is 4.39 Å². The van der Waals surface area contributed by atoms with Crippen LogP contribution in [-0.4, -0.2) is 16.1 Å². The van der Waals surface area contributed by atoms with Crippen molar-refractivity contribution >= 4 is 5.69 Å². The fourth-order valence-corrected chi connectivity index (χ4v) is 1.28. The third kappa shape index (κ3) is 3.00. The fraction of sp³-hybridized carbons (Fsp3) is 0.455. The Morgan fingerprint density at radius 2 is 2.12 bits per heavy atom. The van der Waals surface area contributed by atoms with Crippen molar-refractivity contribution in [1.29, 1.82) is 0 Å². The number of aliphatic hydroxyl groups excluding tert-OH is 1. The van der Waals surface area contributed by atoms with Crippen LogP contribution in [-0.2, 0) is 6.42 Å². The zero-order chi connectivity index (χ0) is 12.3. The predicted molar refractivity (Wildman–Crippen MR) is 57.6 cm³/mol. The normalized spacial score (nSPS) is 12.8. The highest BCUT2D eigenvalue weighted by Gasteiger charge is 2.15. The number of nitro benzene ring substituents is 1. The molecule has 4 nitrogen and oxygen atoms in total. The molecule has 0 saturated heterocycles. The number of rotatable bonds is 4. The van der Waals surface area contributed by atoms with Crippen LogP contribution >= 0.6 is 0 Å². The Morgan fingerprint density at radius 1 is 1.50 bits per heavy atom. The first-order valence-electron chi connectivity index (χ1n) is 5.02. The molecular formula is C11H14FNO3. The van der Waals surface area contributed by atoms with Crippen molar-refractivity contribution in [3.8, 4) is 0 Å². The van der Waals surface area contributed by atoms with Gasteiger partial charge in [0.05, 0.1) is 17.1 Å². The monoisotopic (exact) mass is 227 g/mol. The summed E-state index contributed by atoms with van der Waals surface area (Å²) in [4.78, 5) is 9.74. The van der Waals surface area contributed by atoms with E-state index in [0.717, 1.165) is 6.07 Å². The Morgan fingerprint density at radius 3 is 2.56 bits per heavy atom. The second-order valence-electron chi connectivity index (χ2n) is 4.05. The summed E-state index contributed by atoms with van der Waals surface area (Å²) in [6, 6.07) is 3.47. The van der Waals surface area contributed by atoms with E-state index >= 15 is 0 Å². The van der Waals surface area contributed by atoms with Crippen LogP contribution in [0.15, 0.2) is 18.2 Å². The van der Waals surface area contributed by atoms with Gasteiger partial charge < -0.3 is 5.11 Å². The van der Waals surface area contributed by atoms with Crippen LogP contribution in [0.4, 0.5) is 10.1 Å². The first kappa shape index (κ1) is 12.6. The van der Waals surface area contributed by atoms with E-state index in [1.807, 2.05) is 13.8 Å². The van der Waals surface area contributed by atoms with Crippen LogP contribution in [0.25, 0.3) is 0 Å². The molecule has 0 spiro atoms. The first-order chi connectivity index (χ1) is 7.41. The van der Waals surface area contributed by atoms with Crippen LogP contribution in [0.5, 0.6) is 0 Å². The highest BCUT2D eigenvalue weighted by atomic mass is 19.1. The maximum absolute atomic E-state index is 13.4. The van der Waals surface area contributed by atoms with E-state index in [-0.39, 0.29) is 18.0 Å². The quantitative estimate of drug-likeness (QED) is 0.634. The predicted octanol–water partition coefficient (Wildman–Crippen LogP) is 2.29. The molecule has 0 aromatic heterocycles. The molecule has 1 aromatic carbocycles. The van der Waals surface area contributed by atoms with Gasteiger partial charge in [0.1, 0.15) is 5.82 Å². The summed E-state index contributed by atoms with van der Waals surface area (Å²) in [5.74, 6) is -0.622.